The summed E-state index contributed by atoms with van der Waals surface area (Å²) in [4.78, 5) is 0.236. The van der Waals surface area contributed by atoms with Crippen molar-refractivity contribution in [1.82, 2.24) is 4.57 Å². The van der Waals surface area contributed by atoms with E-state index in [9.17, 15) is 8.42 Å². The van der Waals surface area contributed by atoms with E-state index in [-0.39, 0.29) is 4.90 Å². The number of aromatic nitrogens is 1. The van der Waals surface area contributed by atoms with Crippen molar-refractivity contribution in [2.75, 3.05) is 4.72 Å². The monoisotopic (exact) mass is 514 g/mol. The molecule has 0 atom stereocenters. The van der Waals surface area contributed by atoms with Crippen molar-refractivity contribution in [2.24, 2.45) is 0 Å². The van der Waals surface area contributed by atoms with Gasteiger partial charge >= 0.3 is 0 Å². The van der Waals surface area contributed by atoms with Gasteiger partial charge in [0.15, 0.2) is 0 Å². The average Bonchev–Trinajstić information content (AvgIpc) is 3.32. The molecule has 5 aromatic carbocycles. The van der Waals surface area contributed by atoms with Crippen LogP contribution in [-0.2, 0) is 16.6 Å². The molecule has 6 aromatic rings. The number of fused-ring (bicyclic) bond motifs is 1. The van der Waals surface area contributed by atoms with Crippen molar-refractivity contribution in [3.05, 3.63) is 145 Å². The maximum atomic E-state index is 13.0. The van der Waals surface area contributed by atoms with Crippen LogP contribution in [0.2, 0.25) is 0 Å². The Balaban J connectivity index is 1.37. The Bertz CT molecular complexity index is 1790. The normalized spacial score (nSPS) is 11.5. The third-order valence-corrected chi connectivity index (χ3v) is 8.08. The predicted octanol–water partition coefficient (Wildman–Crippen LogP) is 7.82. The van der Waals surface area contributed by atoms with Crippen LogP contribution in [-0.4, -0.2) is 13.0 Å². The van der Waals surface area contributed by atoms with Gasteiger partial charge in [-0.3, -0.25) is 4.72 Å². The first kappa shape index (κ1) is 23.8. The van der Waals surface area contributed by atoms with Gasteiger partial charge in [0, 0.05) is 34.9 Å². The van der Waals surface area contributed by atoms with Crippen LogP contribution < -0.4 is 4.72 Å². The minimum Gasteiger partial charge on any atom is -0.342 e. The fourth-order valence-electron chi connectivity index (χ4n) is 4.78. The lowest BCUT2D eigenvalue weighted by Gasteiger charge is -2.10. The summed E-state index contributed by atoms with van der Waals surface area (Å²) in [5, 5.41) is 0.991. The lowest BCUT2D eigenvalue weighted by Crippen LogP contribution is -2.12. The first-order valence-corrected chi connectivity index (χ1v) is 14.0. The van der Waals surface area contributed by atoms with Gasteiger partial charge in [0.1, 0.15) is 0 Å². The Kier molecular flexibility index (Phi) is 6.28. The molecule has 1 heterocycles. The molecule has 0 fully saturated rings. The molecule has 0 saturated carbocycles. The fourth-order valence-corrected chi connectivity index (χ4v) is 5.85. The van der Waals surface area contributed by atoms with Crippen LogP contribution in [0.25, 0.3) is 33.2 Å². The highest BCUT2D eigenvalue weighted by Crippen LogP contribution is 2.34. The second-order valence-corrected chi connectivity index (χ2v) is 10.9. The molecule has 0 spiro atoms. The third kappa shape index (κ3) is 4.84. The molecular weight excluding hydrogens is 488 g/mol. The Labute approximate surface area is 222 Å². The van der Waals surface area contributed by atoms with Gasteiger partial charge in [0.2, 0.25) is 0 Å². The van der Waals surface area contributed by atoms with Crippen LogP contribution in [0.1, 0.15) is 5.56 Å². The predicted molar refractivity (Wildman–Crippen MR) is 156 cm³/mol. The minimum atomic E-state index is -3.69. The number of nitrogens with one attached hydrogen (secondary N) is 1. The number of anilines is 1. The zero-order chi connectivity index (χ0) is 26.0. The van der Waals surface area contributed by atoms with Crippen LogP contribution in [0.3, 0.4) is 0 Å². The van der Waals surface area contributed by atoms with E-state index in [1.54, 1.807) is 30.3 Å². The quantitative estimate of drug-likeness (QED) is 0.236. The highest BCUT2D eigenvalue weighted by Gasteiger charge is 2.16. The van der Waals surface area contributed by atoms with Gasteiger partial charge in [-0.05, 0) is 52.6 Å². The van der Waals surface area contributed by atoms with Gasteiger partial charge in [-0.15, -0.1) is 0 Å². The first-order valence-electron chi connectivity index (χ1n) is 12.5. The summed E-state index contributed by atoms with van der Waals surface area (Å²) >= 11 is 0. The number of rotatable bonds is 7. The summed E-state index contributed by atoms with van der Waals surface area (Å²) in [6.45, 7) is 0.702. The van der Waals surface area contributed by atoms with Gasteiger partial charge in [-0.25, -0.2) is 8.42 Å². The van der Waals surface area contributed by atoms with Crippen molar-refractivity contribution < 1.29 is 8.42 Å². The number of hydrogen-bond donors (Lipinski definition) is 1. The second-order valence-electron chi connectivity index (χ2n) is 9.25. The Morgan fingerprint density at radius 2 is 1.18 bits per heavy atom. The Morgan fingerprint density at radius 1 is 0.605 bits per heavy atom. The van der Waals surface area contributed by atoms with E-state index >= 15 is 0 Å². The van der Waals surface area contributed by atoms with Gasteiger partial charge in [-0.1, -0.05) is 103 Å². The molecule has 0 aliphatic carbocycles. The molecule has 1 aromatic heterocycles. The van der Waals surface area contributed by atoms with Crippen LogP contribution in [0.4, 0.5) is 5.69 Å². The second kappa shape index (κ2) is 10.0. The summed E-state index contributed by atoms with van der Waals surface area (Å²) in [6, 6.07) is 43.4. The first-order chi connectivity index (χ1) is 18.6. The lowest BCUT2D eigenvalue weighted by atomic mass is 10.0. The molecule has 0 radical (unpaired) electrons. The van der Waals surface area contributed by atoms with Gasteiger partial charge in [0.05, 0.1) is 4.90 Å². The molecule has 5 heteroatoms. The number of benzene rings is 5. The minimum absolute atomic E-state index is 0.236. The largest absolute Gasteiger partial charge is 0.342 e. The molecule has 0 bridgehead atoms. The topological polar surface area (TPSA) is 51.1 Å². The maximum Gasteiger partial charge on any atom is 0.261 e. The van der Waals surface area contributed by atoms with Crippen molar-refractivity contribution in [1.29, 1.82) is 0 Å². The molecule has 1 N–H and O–H groups in total. The standard InChI is InChI=1S/C33H26N2O2S/c36-38(37,30-14-8-3-9-15-30)34-29-20-21-33-31(22-29)32(28-12-6-2-7-13-28)24-35(33)23-25-16-18-27(19-17-25)26-10-4-1-5-11-26/h1-22,24,34H,23H2. The summed E-state index contributed by atoms with van der Waals surface area (Å²) in [5.74, 6) is 0. The van der Waals surface area contributed by atoms with E-state index in [0.29, 0.717) is 12.2 Å². The summed E-state index contributed by atoms with van der Waals surface area (Å²) in [7, 11) is -3.69. The Morgan fingerprint density at radius 3 is 1.84 bits per heavy atom. The molecule has 0 aliphatic heterocycles. The number of nitrogens with zero attached hydrogens (tertiary/aromatic N) is 1. The third-order valence-electron chi connectivity index (χ3n) is 6.69. The van der Waals surface area contributed by atoms with E-state index in [1.807, 2.05) is 42.5 Å². The van der Waals surface area contributed by atoms with E-state index in [4.69, 9.17) is 0 Å². The lowest BCUT2D eigenvalue weighted by molar-refractivity contribution is 0.601. The highest BCUT2D eigenvalue weighted by molar-refractivity contribution is 7.92. The molecule has 38 heavy (non-hydrogen) atoms. The fraction of sp³-hybridized carbons (Fsp3) is 0.0303. The van der Waals surface area contributed by atoms with Gasteiger partial charge in [-0.2, -0.15) is 0 Å². The van der Waals surface area contributed by atoms with Crippen molar-refractivity contribution >= 4 is 26.6 Å². The molecule has 4 nitrogen and oxygen atoms in total. The van der Waals surface area contributed by atoms with Crippen molar-refractivity contribution in [3.8, 4) is 22.3 Å². The maximum absolute atomic E-state index is 13.0. The summed E-state index contributed by atoms with van der Waals surface area (Å²) < 4.78 is 30.9. The van der Waals surface area contributed by atoms with Gasteiger partial charge < -0.3 is 4.57 Å². The smallest absolute Gasteiger partial charge is 0.261 e. The number of sulfonamides is 1. The Hall–Kier alpha value is -4.61. The zero-order valence-corrected chi connectivity index (χ0v) is 21.5. The van der Waals surface area contributed by atoms with Crippen LogP contribution in [0.15, 0.2) is 145 Å². The highest BCUT2D eigenvalue weighted by atomic mass is 32.2. The molecule has 0 unspecified atom stereocenters. The van der Waals surface area contributed by atoms with Crippen LogP contribution in [0.5, 0.6) is 0 Å². The molecule has 0 saturated heterocycles. The van der Waals surface area contributed by atoms with Crippen molar-refractivity contribution in [3.63, 3.8) is 0 Å². The van der Waals surface area contributed by atoms with E-state index in [0.717, 1.165) is 22.0 Å². The summed E-state index contributed by atoms with van der Waals surface area (Å²) in [6.07, 6.45) is 2.15. The van der Waals surface area contributed by atoms with Crippen LogP contribution in [0, 0.1) is 0 Å². The van der Waals surface area contributed by atoms with E-state index < -0.39 is 10.0 Å². The molecule has 6 rings (SSSR count). The average molecular weight is 515 g/mol. The van der Waals surface area contributed by atoms with Crippen LogP contribution >= 0.6 is 0 Å². The zero-order valence-electron chi connectivity index (χ0n) is 20.7. The summed E-state index contributed by atoms with van der Waals surface area (Å²) in [5.41, 5.74) is 7.28. The molecule has 0 aliphatic rings. The molecular formula is C33H26N2O2S. The van der Waals surface area contributed by atoms with E-state index in [2.05, 4.69) is 76.1 Å². The SMILES string of the molecule is O=S(=O)(Nc1ccc2c(c1)c(-c1ccccc1)cn2Cc1ccc(-c2ccccc2)cc1)c1ccccc1. The molecule has 186 valence electrons. The van der Waals surface area contributed by atoms with Crippen molar-refractivity contribution in [2.45, 2.75) is 11.4 Å². The van der Waals surface area contributed by atoms with Gasteiger partial charge in [0.25, 0.3) is 10.0 Å². The molecule has 0 amide bonds. The number of hydrogen-bond acceptors (Lipinski definition) is 2. The van der Waals surface area contributed by atoms with E-state index in [1.165, 1.54) is 16.7 Å².